The fraction of sp³-hybridized carbons (Fsp3) is 0.182. The van der Waals surface area contributed by atoms with Crippen molar-refractivity contribution in [3.05, 3.63) is 42.5 Å². The maximum Gasteiger partial charge on any atom is 0.333 e. The molecule has 0 unspecified atom stereocenters. The number of aryl methyl sites for hydroxylation is 1. The average Bonchev–Trinajstić information content (AvgIpc) is 2.21. The molecule has 74 valence electrons. The fourth-order valence-corrected chi connectivity index (χ4v) is 0.849. The van der Waals surface area contributed by atoms with E-state index in [0.29, 0.717) is 5.75 Å². The van der Waals surface area contributed by atoms with E-state index < -0.39 is 5.97 Å². The third-order valence-corrected chi connectivity index (χ3v) is 1.61. The van der Waals surface area contributed by atoms with Crippen LogP contribution >= 0.6 is 0 Å². The molecule has 0 aliphatic heterocycles. The molecular weight excluding hydrogens is 180 g/mol. The SMILES string of the molecule is C=CC(=O)OCOc1ccc(C)cc1. The van der Waals surface area contributed by atoms with E-state index in [1.54, 1.807) is 0 Å². The van der Waals surface area contributed by atoms with Crippen LogP contribution in [-0.2, 0) is 9.53 Å². The van der Waals surface area contributed by atoms with Gasteiger partial charge in [-0.1, -0.05) is 24.3 Å². The normalized spacial score (nSPS) is 9.21. The second kappa shape index (κ2) is 5.07. The Morgan fingerprint density at radius 3 is 2.64 bits per heavy atom. The van der Waals surface area contributed by atoms with E-state index in [1.807, 2.05) is 31.2 Å². The molecule has 0 heterocycles. The molecule has 0 N–H and O–H groups in total. The van der Waals surface area contributed by atoms with Crippen molar-refractivity contribution < 1.29 is 14.3 Å². The zero-order valence-corrected chi connectivity index (χ0v) is 8.03. The van der Waals surface area contributed by atoms with Gasteiger partial charge in [-0.15, -0.1) is 0 Å². The molecule has 3 nitrogen and oxygen atoms in total. The summed E-state index contributed by atoms with van der Waals surface area (Å²) in [4.78, 5) is 10.6. The molecule has 1 aromatic carbocycles. The van der Waals surface area contributed by atoms with Crippen molar-refractivity contribution in [2.75, 3.05) is 6.79 Å². The smallest absolute Gasteiger partial charge is 0.333 e. The maximum absolute atomic E-state index is 10.6. The molecule has 3 heteroatoms. The largest absolute Gasteiger partial charge is 0.457 e. The van der Waals surface area contributed by atoms with E-state index in [1.165, 1.54) is 0 Å². The number of ether oxygens (including phenoxy) is 2. The van der Waals surface area contributed by atoms with E-state index in [4.69, 9.17) is 4.74 Å². The summed E-state index contributed by atoms with van der Waals surface area (Å²) in [6.45, 7) is 5.17. The van der Waals surface area contributed by atoms with Gasteiger partial charge in [-0.3, -0.25) is 0 Å². The minimum Gasteiger partial charge on any atom is -0.457 e. The molecule has 0 spiro atoms. The van der Waals surface area contributed by atoms with Gasteiger partial charge in [0.05, 0.1) is 0 Å². The standard InChI is InChI=1S/C11H12O3/c1-3-11(12)14-8-13-10-6-4-9(2)5-7-10/h3-7H,1,8H2,2H3. The Morgan fingerprint density at radius 2 is 2.07 bits per heavy atom. The van der Waals surface area contributed by atoms with Gasteiger partial charge in [-0.2, -0.15) is 0 Å². The lowest BCUT2D eigenvalue weighted by atomic mass is 10.2. The number of carbonyl (C=O) groups excluding carboxylic acids is 1. The molecular formula is C11H12O3. The minimum atomic E-state index is -0.489. The number of hydrogen-bond acceptors (Lipinski definition) is 3. The molecule has 0 saturated carbocycles. The quantitative estimate of drug-likeness (QED) is 0.416. The van der Waals surface area contributed by atoms with Gasteiger partial charge in [0.2, 0.25) is 6.79 Å². The van der Waals surface area contributed by atoms with Crippen molar-refractivity contribution in [2.45, 2.75) is 6.92 Å². The predicted octanol–water partition coefficient (Wildman–Crippen LogP) is 2.06. The van der Waals surface area contributed by atoms with Gasteiger partial charge in [0.1, 0.15) is 5.75 Å². The molecule has 1 aromatic rings. The molecule has 0 aliphatic carbocycles. The van der Waals surface area contributed by atoms with E-state index >= 15 is 0 Å². The van der Waals surface area contributed by atoms with Crippen LogP contribution in [0.4, 0.5) is 0 Å². The summed E-state index contributed by atoms with van der Waals surface area (Å²) in [5, 5.41) is 0. The summed E-state index contributed by atoms with van der Waals surface area (Å²) in [5.74, 6) is 0.185. The number of rotatable bonds is 4. The Kier molecular flexibility index (Phi) is 3.73. The summed E-state index contributed by atoms with van der Waals surface area (Å²) in [6.07, 6.45) is 1.10. The third-order valence-electron chi connectivity index (χ3n) is 1.61. The molecule has 0 saturated heterocycles. The van der Waals surface area contributed by atoms with E-state index in [9.17, 15) is 4.79 Å². The molecule has 0 fully saturated rings. The van der Waals surface area contributed by atoms with Crippen LogP contribution in [0.3, 0.4) is 0 Å². The Hall–Kier alpha value is -1.77. The summed E-state index contributed by atoms with van der Waals surface area (Å²) in [6, 6.07) is 7.48. The van der Waals surface area contributed by atoms with Crippen molar-refractivity contribution in [3.63, 3.8) is 0 Å². The van der Waals surface area contributed by atoms with Crippen LogP contribution in [-0.4, -0.2) is 12.8 Å². The molecule has 0 amide bonds. The van der Waals surface area contributed by atoms with E-state index in [-0.39, 0.29) is 6.79 Å². The lowest BCUT2D eigenvalue weighted by Gasteiger charge is -2.05. The number of hydrogen-bond donors (Lipinski definition) is 0. The fourth-order valence-electron chi connectivity index (χ4n) is 0.849. The van der Waals surface area contributed by atoms with Crippen molar-refractivity contribution in [1.82, 2.24) is 0 Å². The van der Waals surface area contributed by atoms with Gasteiger partial charge in [-0.05, 0) is 19.1 Å². The second-order valence-corrected chi connectivity index (χ2v) is 2.74. The lowest BCUT2D eigenvalue weighted by molar-refractivity contribution is -0.144. The number of esters is 1. The summed E-state index contributed by atoms with van der Waals surface area (Å²) in [5.41, 5.74) is 1.15. The van der Waals surface area contributed by atoms with Gasteiger partial charge in [0.25, 0.3) is 0 Å². The van der Waals surface area contributed by atoms with Crippen molar-refractivity contribution in [2.24, 2.45) is 0 Å². The minimum absolute atomic E-state index is 0.0894. The molecule has 0 aliphatic rings. The Balaban J connectivity index is 2.35. The van der Waals surface area contributed by atoms with Gasteiger partial charge in [0.15, 0.2) is 0 Å². The van der Waals surface area contributed by atoms with Crippen LogP contribution < -0.4 is 4.74 Å². The summed E-state index contributed by atoms with van der Waals surface area (Å²) < 4.78 is 9.79. The summed E-state index contributed by atoms with van der Waals surface area (Å²) in [7, 11) is 0. The zero-order valence-electron chi connectivity index (χ0n) is 8.03. The monoisotopic (exact) mass is 192 g/mol. The molecule has 14 heavy (non-hydrogen) atoms. The first-order chi connectivity index (χ1) is 6.72. The number of carbonyl (C=O) groups is 1. The second-order valence-electron chi connectivity index (χ2n) is 2.74. The van der Waals surface area contributed by atoms with Crippen LogP contribution in [0.1, 0.15) is 5.56 Å². The van der Waals surface area contributed by atoms with Gasteiger partial charge in [-0.25, -0.2) is 4.79 Å². The van der Waals surface area contributed by atoms with Crippen LogP contribution in [0, 0.1) is 6.92 Å². The van der Waals surface area contributed by atoms with E-state index in [2.05, 4.69) is 11.3 Å². The molecule has 0 atom stereocenters. The lowest BCUT2D eigenvalue weighted by Crippen LogP contribution is -2.07. The highest BCUT2D eigenvalue weighted by molar-refractivity contribution is 5.81. The first-order valence-electron chi connectivity index (χ1n) is 4.21. The van der Waals surface area contributed by atoms with E-state index in [0.717, 1.165) is 11.6 Å². The topological polar surface area (TPSA) is 35.5 Å². The molecule has 0 radical (unpaired) electrons. The predicted molar refractivity (Wildman–Crippen MR) is 53.0 cm³/mol. The first kappa shape index (κ1) is 10.3. The molecule has 0 aromatic heterocycles. The first-order valence-corrected chi connectivity index (χ1v) is 4.21. The Bertz CT molecular complexity index is 314. The van der Waals surface area contributed by atoms with Crippen LogP contribution in [0.15, 0.2) is 36.9 Å². The zero-order chi connectivity index (χ0) is 10.4. The van der Waals surface area contributed by atoms with Crippen molar-refractivity contribution >= 4 is 5.97 Å². The van der Waals surface area contributed by atoms with Gasteiger partial charge in [0, 0.05) is 6.08 Å². The maximum atomic E-state index is 10.6. The highest BCUT2D eigenvalue weighted by Gasteiger charge is 1.96. The highest BCUT2D eigenvalue weighted by Crippen LogP contribution is 2.10. The Morgan fingerprint density at radius 1 is 1.43 bits per heavy atom. The number of benzene rings is 1. The average molecular weight is 192 g/mol. The van der Waals surface area contributed by atoms with Crippen molar-refractivity contribution in [3.8, 4) is 5.75 Å². The molecule has 1 rings (SSSR count). The van der Waals surface area contributed by atoms with Crippen LogP contribution in [0.5, 0.6) is 5.75 Å². The highest BCUT2D eigenvalue weighted by atomic mass is 16.7. The summed E-state index contributed by atoms with van der Waals surface area (Å²) >= 11 is 0. The third kappa shape index (κ3) is 3.31. The molecule has 0 bridgehead atoms. The van der Waals surface area contributed by atoms with Crippen LogP contribution in [0.25, 0.3) is 0 Å². The van der Waals surface area contributed by atoms with Crippen molar-refractivity contribution in [1.29, 1.82) is 0 Å². The van der Waals surface area contributed by atoms with Crippen LogP contribution in [0.2, 0.25) is 0 Å². The van der Waals surface area contributed by atoms with Gasteiger partial charge >= 0.3 is 5.97 Å². The van der Waals surface area contributed by atoms with Gasteiger partial charge < -0.3 is 9.47 Å². The Labute approximate surface area is 83.0 Å².